The molecule has 1 N–H and O–H groups in total. The van der Waals surface area contributed by atoms with Gasteiger partial charge in [0.25, 0.3) is 0 Å². The first-order chi connectivity index (χ1) is 11.4. The third-order valence-electron chi connectivity index (χ3n) is 3.06. The van der Waals surface area contributed by atoms with Crippen molar-refractivity contribution in [3.05, 3.63) is 40.6 Å². The van der Waals surface area contributed by atoms with Gasteiger partial charge < -0.3 is 9.30 Å². The van der Waals surface area contributed by atoms with E-state index in [-0.39, 0.29) is 23.8 Å². The standard InChI is InChI=1S/C15H19N3O4S2/c1-3-22-12-4-6-13(7-5-12)24(20,21)16-9-8-14(19)17-15-18(2)10-11-23-15/h4-7,10-11,16H,3,8-9H2,1-2H3. The van der Waals surface area contributed by atoms with Crippen LogP contribution in [0, 0.1) is 0 Å². The number of hydrogen-bond acceptors (Lipinski definition) is 5. The Morgan fingerprint density at radius 3 is 2.62 bits per heavy atom. The van der Waals surface area contributed by atoms with E-state index in [9.17, 15) is 13.2 Å². The molecule has 0 fully saturated rings. The second-order valence-corrected chi connectivity index (χ2v) is 7.49. The summed E-state index contributed by atoms with van der Waals surface area (Å²) >= 11 is 1.34. The van der Waals surface area contributed by atoms with Gasteiger partial charge in [-0.25, -0.2) is 13.1 Å². The van der Waals surface area contributed by atoms with E-state index in [1.165, 1.54) is 23.5 Å². The van der Waals surface area contributed by atoms with Gasteiger partial charge in [-0.3, -0.25) is 4.79 Å². The molecule has 0 spiro atoms. The molecule has 0 aliphatic carbocycles. The quantitative estimate of drug-likeness (QED) is 0.796. The molecule has 9 heteroatoms. The molecule has 1 heterocycles. The number of thiazole rings is 1. The second kappa shape index (κ2) is 8.22. The van der Waals surface area contributed by atoms with Crippen molar-refractivity contribution in [2.45, 2.75) is 18.2 Å². The van der Waals surface area contributed by atoms with Crippen LogP contribution in [0.5, 0.6) is 5.75 Å². The van der Waals surface area contributed by atoms with Gasteiger partial charge in [-0.15, -0.1) is 11.3 Å². The van der Waals surface area contributed by atoms with Crippen molar-refractivity contribution in [3.63, 3.8) is 0 Å². The van der Waals surface area contributed by atoms with Crippen LogP contribution >= 0.6 is 11.3 Å². The summed E-state index contributed by atoms with van der Waals surface area (Å²) in [6.07, 6.45) is 1.79. The van der Waals surface area contributed by atoms with Crippen LogP contribution < -0.4 is 14.3 Å². The van der Waals surface area contributed by atoms with Crippen molar-refractivity contribution >= 4 is 27.3 Å². The number of carbonyl (C=O) groups is 1. The molecule has 24 heavy (non-hydrogen) atoms. The molecule has 2 aromatic rings. The number of carbonyl (C=O) groups excluding carboxylic acids is 1. The van der Waals surface area contributed by atoms with Gasteiger partial charge >= 0.3 is 0 Å². The van der Waals surface area contributed by atoms with E-state index in [0.717, 1.165) is 0 Å². The van der Waals surface area contributed by atoms with Gasteiger partial charge in [0.2, 0.25) is 15.9 Å². The molecule has 0 radical (unpaired) electrons. The van der Waals surface area contributed by atoms with Gasteiger partial charge in [0.15, 0.2) is 4.80 Å². The van der Waals surface area contributed by atoms with Crippen LogP contribution in [0.2, 0.25) is 0 Å². The van der Waals surface area contributed by atoms with E-state index in [4.69, 9.17) is 4.74 Å². The molecule has 0 atom stereocenters. The fourth-order valence-electron chi connectivity index (χ4n) is 1.85. The summed E-state index contributed by atoms with van der Waals surface area (Å²) < 4.78 is 33.7. The number of aromatic nitrogens is 1. The van der Waals surface area contributed by atoms with Gasteiger partial charge in [-0.1, -0.05) is 0 Å². The number of benzene rings is 1. The Morgan fingerprint density at radius 2 is 2.04 bits per heavy atom. The van der Waals surface area contributed by atoms with Crippen molar-refractivity contribution < 1.29 is 17.9 Å². The Balaban J connectivity index is 1.93. The normalized spacial score (nSPS) is 12.3. The maximum Gasteiger partial charge on any atom is 0.249 e. The Hall–Kier alpha value is -1.97. The van der Waals surface area contributed by atoms with Gasteiger partial charge in [-0.05, 0) is 31.2 Å². The van der Waals surface area contributed by atoms with Gasteiger partial charge in [0, 0.05) is 31.6 Å². The lowest BCUT2D eigenvalue weighted by molar-refractivity contribution is -0.117. The number of nitrogens with one attached hydrogen (secondary N) is 1. The molecule has 0 unspecified atom stereocenters. The Kier molecular flexibility index (Phi) is 6.29. The monoisotopic (exact) mass is 369 g/mol. The van der Waals surface area contributed by atoms with Crippen molar-refractivity contribution in [3.8, 4) is 5.75 Å². The summed E-state index contributed by atoms with van der Waals surface area (Å²) in [6, 6.07) is 6.11. The number of aryl methyl sites for hydroxylation is 1. The minimum Gasteiger partial charge on any atom is -0.494 e. The zero-order valence-corrected chi connectivity index (χ0v) is 15.1. The molecule has 1 aromatic heterocycles. The molecule has 0 bridgehead atoms. The van der Waals surface area contributed by atoms with Gasteiger partial charge in [0.05, 0.1) is 11.5 Å². The first-order valence-corrected chi connectivity index (χ1v) is 9.69. The highest BCUT2D eigenvalue weighted by Gasteiger charge is 2.14. The van der Waals surface area contributed by atoms with Crippen LogP contribution in [0.4, 0.5) is 0 Å². The number of sulfonamides is 1. The number of rotatable bonds is 7. The minimum atomic E-state index is -3.66. The van der Waals surface area contributed by atoms with Crippen LogP contribution in [-0.2, 0) is 21.9 Å². The highest BCUT2D eigenvalue weighted by molar-refractivity contribution is 7.89. The van der Waals surface area contributed by atoms with Crippen LogP contribution in [0.3, 0.4) is 0 Å². The van der Waals surface area contributed by atoms with Gasteiger partial charge in [0.1, 0.15) is 5.75 Å². The topological polar surface area (TPSA) is 89.8 Å². The molecule has 1 amide bonds. The summed E-state index contributed by atoms with van der Waals surface area (Å²) in [7, 11) is -1.87. The van der Waals surface area contributed by atoms with Crippen molar-refractivity contribution in [1.82, 2.24) is 9.29 Å². The first kappa shape index (κ1) is 18.4. The maximum atomic E-state index is 12.2. The Bertz CT molecular complexity index is 851. The van der Waals surface area contributed by atoms with Crippen molar-refractivity contribution in [2.75, 3.05) is 13.2 Å². The average Bonchev–Trinajstić information content (AvgIpc) is 2.93. The second-order valence-electron chi connectivity index (χ2n) is 4.85. The fourth-order valence-corrected chi connectivity index (χ4v) is 3.63. The van der Waals surface area contributed by atoms with E-state index in [2.05, 4.69) is 9.71 Å². The van der Waals surface area contributed by atoms with E-state index < -0.39 is 10.0 Å². The van der Waals surface area contributed by atoms with E-state index >= 15 is 0 Å². The van der Waals surface area contributed by atoms with Gasteiger partial charge in [-0.2, -0.15) is 4.99 Å². The highest BCUT2D eigenvalue weighted by Crippen LogP contribution is 2.15. The van der Waals surface area contributed by atoms with Crippen LogP contribution in [-0.4, -0.2) is 32.0 Å². The summed E-state index contributed by atoms with van der Waals surface area (Å²) in [5.41, 5.74) is 0. The molecule has 130 valence electrons. The number of ether oxygens (including phenoxy) is 1. The number of hydrogen-bond donors (Lipinski definition) is 1. The third-order valence-corrected chi connectivity index (χ3v) is 5.38. The largest absolute Gasteiger partial charge is 0.494 e. The van der Waals surface area contributed by atoms with Crippen molar-refractivity contribution in [1.29, 1.82) is 0 Å². The predicted octanol–water partition coefficient (Wildman–Crippen LogP) is 1.28. The van der Waals surface area contributed by atoms with Crippen LogP contribution in [0.25, 0.3) is 0 Å². The number of amides is 1. The summed E-state index contributed by atoms with van der Waals surface area (Å²) in [6.45, 7) is 2.36. The maximum absolute atomic E-state index is 12.2. The van der Waals surface area contributed by atoms with E-state index in [1.54, 1.807) is 29.9 Å². The lowest BCUT2D eigenvalue weighted by Gasteiger charge is -2.07. The zero-order valence-electron chi connectivity index (χ0n) is 13.4. The molecule has 1 aromatic carbocycles. The molecule has 2 rings (SSSR count). The first-order valence-electron chi connectivity index (χ1n) is 7.32. The smallest absolute Gasteiger partial charge is 0.249 e. The molecule has 7 nitrogen and oxygen atoms in total. The predicted molar refractivity (Wildman–Crippen MR) is 91.3 cm³/mol. The third kappa shape index (κ3) is 5.02. The number of nitrogens with zero attached hydrogens (tertiary/aromatic N) is 2. The molecule has 0 aliphatic rings. The molecule has 0 saturated heterocycles. The molecular weight excluding hydrogens is 350 g/mol. The van der Waals surface area contributed by atoms with Crippen LogP contribution in [0.15, 0.2) is 45.7 Å². The summed E-state index contributed by atoms with van der Waals surface area (Å²) in [5, 5.41) is 1.82. The Morgan fingerprint density at radius 1 is 1.33 bits per heavy atom. The lowest BCUT2D eigenvalue weighted by atomic mass is 10.3. The summed E-state index contributed by atoms with van der Waals surface area (Å²) in [4.78, 5) is 16.4. The van der Waals surface area contributed by atoms with E-state index in [0.29, 0.717) is 17.2 Å². The lowest BCUT2D eigenvalue weighted by Crippen LogP contribution is -2.26. The average molecular weight is 369 g/mol. The molecule has 0 saturated carbocycles. The molecule has 0 aliphatic heterocycles. The molecular formula is C15H19N3O4S2. The summed E-state index contributed by atoms with van der Waals surface area (Å²) in [5.74, 6) is 0.233. The highest BCUT2D eigenvalue weighted by atomic mass is 32.2. The van der Waals surface area contributed by atoms with Crippen LogP contribution in [0.1, 0.15) is 13.3 Å². The fraction of sp³-hybridized carbons (Fsp3) is 0.333. The SMILES string of the molecule is CCOc1ccc(S(=O)(=O)NCCC(=O)N=c2sccn2C)cc1. The minimum absolute atomic E-state index is 0.00579. The van der Waals surface area contributed by atoms with E-state index in [1.807, 2.05) is 12.3 Å². The zero-order chi connectivity index (χ0) is 17.6. The Labute approximate surface area is 144 Å². The van der Waals surface area contributed by atoms with Crippen molar-refractivity contribution in [2.24, 2.45) is 12.0 Å².